The predicted octanol–water partition coefficient (Wildman–Crippen LogP) is 4.55. The lowest BCUT2D eigenvalue weighted by Gasteiger charge is -2.21. The predicted molar refractivity (Wildman–Crippen MR) is 96.6 cm³/mol. The average Bonchev–Trinajstić information content (AvgIpc) is 2.64. The number of aromatic nitrogens is 1. The fourth-order valence-electron chi connectivity index (χ4n) is 2.15. The van der Waals surface area contributed by atoms with Crippen LogP contribution in [0, 0.1) is 5.82 Å². The highest BCUT2D eigenvalue weighted by Gasteiger charge is 2.20. The SMILES string of the molecule is O=C(Cc1ccc(F)cc1)N(Oc1ccc(Br)cc1)c1ccccn1. The van der Waals surface area contributed by atoms with E-state index in [0.29, 0.717) is 17.1 Å². The molecule has 3 aromatic rings. The number of benzene rings is 2. The molecule has 0 unspecified atom stereocenters. The minimum atomic E-state index is -0.344. The average molecular weight is 401 g/mol. The van der Waals surface area contributed by atoms with Crippen molar-refractivity contribution in [2.75, 3.05) is 5.06 Å². The van der Waals surface area contributed by atoms with Gasteiger partial charge in [-0.1, -0.05) is 34.1 Å². The van der Waals surface area contributed by atoms with Gasteiger partial charge in [0.25, 0.3) is 5.91 Å². The van der Waals surface area contributed by atoms with E-state index < -0.39 is 0 Å². The van der Waals surface area contributed by atoms with Gasteiger partial charge in [-0.2, -0.15) is 0 Å². The van der Waals surface area contributed by atoms with Crippen LogP contribution in [-0.4, -0.2) is 10.9 Å². The molecule has 0 aliphatic rings. The molecule has 3 rings (SSSR count). The van der Waals surface area contributed by atoms with E-state index in [2.05, 4.69) is 20.9 Å². The van der Waals surface area contributed by atoms with E-state index >= 15 is 0 Å². The summed E-state index contributed by atoms with van der Waals surface area (Å²) in [5.74, 6) is 0.218. The summed E-state index contributed by atoms with van der Waals surface area (Å²) in [6.07, 6.45) is 1.64. The third-order valence-electron chi connectivity index (χ3n) is 3.36. The van der Waals surface area contributed by atoms with Crippen molar-refractivity contribution in [2.45, 2.75) is 6.42 Å². The van der Waals surface area contributed by atoms with Crippen LogP contribution in [0.25, 0.3) is 0 Å². The molecule has 0 N–H and O–H groups in total. The minimum Gasteiger partial charge on any atom is -0.370 e. The third kappa shape index (κ3) is 4.64. The van der Waals surface area contributed by atoms with E-state index in [1.54, 1.807) is 48.7 Å². The summed E-state index contributed by atoms with van der Waals surface area (Å²) in [6.45, 7) is 0. The molecule has 6 heteroatoms. The molecule has 0 saturated heterocycles. The van der Waals surface area contributed by atoms with Crippen LogP contribution < -0.4 is 9.90 Å². The number of pyridine rings is 1. The van der Waals surface area contributed by atoms with E-state index in [9.17, 15) is 9.18 Å². The maximum absolute atomic E-state index is 13.0. The smallest absolute Gasteiger partial charge is 0.266 e. The maximum atomic E-state index is 13.0. The number of halogens is 2. The summed E-state index contributed by atoms with van der Waals surface area (Å²) in [5.41, 5.74) is 0.687. The summed E-state index contributed by atoms with van der Waals surface area (Å²) >= 11 is 3.36. The Morgan fingerprint density at radius 1 is 1.04 bits per heavy atom. The molecule has 0 fully saturated rings. The Morgan fingerprint density at radius 3 is 2.40 bits per heavy atom. The molecular weight excluding hydrogens is 387 g/mol. The number of carbonyl (C=O) groups excluding carboxylic acids is 1. The summed E-state index contributed by atoms with van der Waals surface area (Å²) < 4.78 is 13.9. The van der Waals surface area contributed by atoms with Gasteiger partial charge >= 0.3 is 0 Å². The summed E-state index contributed by atoms with van der Waals surface area (Å²) in [7, 11) is 0. The van der Waals surface area contributed by atoms with Gasteiger partial charge in [-0.15, -0.1) is 5.06 Å². The van der Waals surface area contributed by atoms with Crippen molar-refractivity contribution < 1.29 is 14.0 Å². The van der Waals surface area contributed by atoms with E-state index in [1.807, 2.05) is 12.1 Å². The monoisotopic (exact) mass is 400 g/mol. The Labute approximate surface area is 153 Å². The lowest BCUT2D eigenvalue weighted by atomic mass is 10.1. The van der Waals surface area contributed by atoms with Crippen LogP contribution in [0.2, 0.25) is 0 Å². The Morgan fingerprint density at radius 2 is 1.76 bits per heavy atom. The summed E-state index contributed by atoms with van der Waals surface area (Å²) in [5, 5.41) is 1.15. The van der Waals surface area contributed by atoms with E-state index in [1.165, 1.54) is 12.1 Å². The number of nitrogens with zero attached hydrogens (tertiary/aromatic N) is 2. The van der Waals surface area contributed by atoms with Crippen molar-refractivity contribution >= 4 is 27.7 Å². The zero-order valence-corrected chi connectivity index (χ0v) is 14.7. The van der Waals surface area contributed by atoms with Gasteiger partial charge in [-0.3, -0.25) is 4.79 Å². The van der Waals surface area contributed by atoms with Crippen LogP contribution in [0.1, 0.15) is 5.56 Å². The Balaban J connectivity index is 1.83. The maximum Gasteiger partial charge on any atom is 0.266 e. The number of rotatable bonds is 5. The molecule has 0 aliphatic carbocycles. The van der Waals surface area contributed by atoms with Crippen molar-refractivity contribution in [2.24, 2.45) is 0 Å². The molecular formula is C19H14BrFN2O2. The van der Waals surface area contributed by atoms with Crippen molar-refractivity contribution in [1.29, 1.82) is 0 Å². The minimum absolute atomic E-state index is 0.0629. The fourth-order valence-corrected chi connectivity index (χ4v) is 2.41. The zero-order chi connectivity index (χ0) is 17.6. The van der Waals surface area contributed by atoms with Gasteiger partial charge in [-0.05, 0) is 54.1 Å². The molecule has 25 heavy (non-hydrogen) atoms. The molecule has 1 aromatic heterocycles. The van der Waals surface area contributed by atoms with Crippen LogP contribution in [0.3, 0.4) is 0 Å². The van der Waals surface area contributed by atoms with Gasteiger partial charge in [0.1, 0.15) is 5.82 Å². The highest BCUT2D eigenvalue weighted by molar-refractivity contribution is 9.10. The number of anilines is 1. The molecule has 1 amide bonds. The van der Waals surface area contributed by atoms with Crippen LogP contribution >= 0.6 is 15.9 Å². The topological polar surface area (TPSA) is 42.4 Å². The normalized spacial score (nSPS) is 10.3. The van der Waals surface area contributed by atoms with E-state index in [-0.39, 0.29) is 18.1 Å². The van der Waals surface area contributed by atoms with Crippen molar-refractivity contribution in [1.82, 2.24) is 4.98 Å². The first-order valence-corrected chi connectivity index (χ1v) is 8.33. The van der Waals surface area contributed by atoms with Gasteiger partial charge in [0.15, 0.2) is 11.6 Å². The largest absolute Gasteiger partial charge is 0.370 e. The number of amides is 1. The lowest BCUT2D eigenvalue weighted by Crippen LogP contribution is -2.36. The van der Waals surface area contributed by atoms with Crippen LogP contribution in [-0.2, 0) is 11.2 Å². The molecule has 0 saturated carbocycles. The molecule has 0 radical (unpaired) electrons. The quantitative estimate of drug-likeness (QED) is 0.589. The Bertz CT molecular complexity index is 840. The van der Waals surface area contributed by atoms with Crippen LogP contribution in [0.5, 0.6) is 5.75 Å². The Hall–Kier alpha value is -2.73. The number of hydroxylamine groups is 1. The molecule has 4 nitrogen and oxygen atoms in total. The standard InChI is InChI=1S/C19H14BrFN2O2/c20-15-6-10-17(11-7-15)25-23(18-3-1-2-12-22-18)19(24)13-14-4-8-16(21)9-5-14/h1-12H,13H2. The first-order chi connectivity index (χ1) is 12.1. The van der Waals surface area contributed by atoms with Crippen molar-refractivity contribution in [3.8, 4) is 5.75 Å². The Kier molecular flexibility index (Phi) is 5.40. The highest BCUT2D eigenvalue weighted by Crippen LogP contribution is 2.20. The molecule has 2 aromatic carbocycles. The molecule has 0 bridgehead atoms. The van der Waals surface area contributed by atoms with Gasteiger partial charge in [0, 0.05) is 10.7 Å². The second-order valence-corrected chi connectivity index (χ2v) is 6.14. The van der Waals surface area contributed by atoms with Crippen molar-refractivity contribution in [3.05, 3.63) is 88.8 Å². The molecule has 1 heterocycles. The number of hydrogen-bond donors (Lipinski definition) is 0. The van der Waals surface area contributed by atoms with Gasteiger partial charge in [0.2, 0.25) is 0 Å². The number of carbonyl (C=O) groups is 1. The highest BCUT2D eigenvalue weighted by atomic mass is 79.9. The van der Waals surface area contributed by atoms with Gasteiger partial charge in [0.05, 0.1) is 6.42 Å². The van der Waals surface area contributed by atoms with Crippen molar-refractivity contribution in [3.63, 3.8) is 0 Å². The first kappa shape index (κ1) is 17.1. The molecule has 0 spiro atoms. The van der Waals surface area contributed by atoms with Crippen LogP contribution in [0.15, 0.2) is 77.4 Å². The third-order valence-corrected chi connectivity index (χ3v) is 3.89. The zero-order valence-electron chi connectivity index (χ0n) is 13.1. The summed E-state index contributed by atoms with van der Waals surface area (Å²) in [4.78, 5) is 22.6. The van der Waals surface area contributed by atoms with Gasteiger partial charge in [-0.25, -0.2) is 9.37 Å². The van der Waals surface area contributed by atoms with E-state index in [0.717, 1.165) is 9.54 Å². The molecule has 0 aliphatic heterocycles. The summed E-state index contributed by atoms with van der Waals surface area (Å²) in [6, 6.07) is 18.1. The van der Waals surface area contributed by atoms with E-state index in [4.69, 9.17) is 4.84 Å². The first-order valence-electron chi connectivity index (χ1n) is 7.54. The fraction of sp³-hybridized carbons (Fsp3) is 0.0526. The van der Waals surface area contributed by atoms with Crippen LogP contribution in [0.4, 0.5) is 10.2 Å². The second-order valence-electron chi connectivity index (χ2n) is 5.22. The molecule has 126 valence electrons. The molecule has 0 atom stereocenters. The van der Waals surface area contributed by atoms with Gasteiger partial charge < -0.3 is 4.84 Å². The second kappa shape index (κ2) is 7.90. The lowest BCUT2D eigenvalue weighted by molar-refractivity contribution is -0.122. The number of hydrogen-bond acceptors (Lipinski definition) is 3.